The molecule has 0 fully saturated rings. The highest BCUT2D eigenvalue weighted by molar-refractivity contribution is 9.28. The van der Waals surface area contributed by atoms with Crippen molar-refractivity contribution in [2.75, 3.05) is 7.11 Å². The molecule has 29 heteroatoms. The number of benzene rings is 2. The quantitative estimate of drug-likeness (QED) is 0.0540. The SMILES string of the molecule is COc1c(F)cc(B(O)O)cc1F.Fc1ccnc(Br)c1.O=Cc1c(F)cc(-c2cc(F)ccn2)cc1F.PPP(P)P(P(P)P)P(P(P)P)P(P)P. The zero-order valence-electron chi connectivity index (χ0n) is 27.0. The fraction of sp³-hybridized carbons (Fsp3) is 0.0417. The van der Waals surface area contributed by atoms with Gasteiger partial charge in [-0.15, -0.1) is 71.4 Å². The maximum Gasteiger partial charge on any atom is 0.488 e. The van der Waals surface area contributed by atoms with Crippen LogP contribution in [-0.4, -0.2) is 40.5 Å². The number of rotatable bonds is 10. The van der Waals surface area contributed by atoms with Crippen LogP contribution in [-0.2, 0) is 0 Å². The molecular weight excluding hydrogens is 1050 g/mol. The van der Waals surface area contributed by atoms with Gasteiger partial charge in [0.2, 0.25) is 0 Å². The average Bonchev–Trinajstić information content (AvgIpc) is 3.06. The van der Waals surface area contributed by atoms with E-state index in [0.29, 0.717) is 4.60 Å². The van der Waals surface area contributed by atoms with Crippen LogP contribution in [0, 0.1) is 34.9 Å². The molecule has 4 aromatic rings. The first-order valence-electron chi connectivity index (χ1n) is 13.5. The molecule has 0 bridgehead atoms. The van der Waals surface area contributed by atoms with E-state index in [1.165, 1.54) is 24.5 Å². The number of pyridine rings is 2. The van der Waals surface area contributed by atoms with Gasteiger partial charge in [0, 0.05) is 30.1 Å². The molecule has 4 rings (SSSR count). The van der Waals surface area contributed by atoms with Crippen LogP contribution in [0.3, 0.4) is 0 Å². The highest BCUT2D eigenvalue weighted by Crippen LogP contribution is 3.22. The molecule has 53 heavy (non-hydrogen) atoms. The molecule has 0 aliphatic heterocycles. The van der Waals surface area contributed by atoms with Gasteiger partial charge in [-0.1, -0.05) is 7.96 Å². The molecule has 2 aromatic heterocycles. The minimum atomic E-state index is -1.89. The van der Waals surface area contributed by atoms with Gasteiger partial charge < -0.3 is 14.8 Å². The predicted octanol–water partition coefficient (Wildman–Crippen LogP) is 13.0. The zero-order valence-corrected chi connectivity index (χ0v) is 44.2. The van der Waals surface area contributed by atoms with Gasteiger partial charge >= 0.3 is 7.12 Å². The fourth-order valence-corrected chi connectivity index (χ4v) is 160. The summed E-state index contributed by atoms with van der Waals surface area (Å²) in [6.07, 6.45) is 2.68. The van der Waals surface area contributed by atoms with Crippen molar-refractivity contribution in [3.05, 3.63) is 106 Å². The lowest BCUT2D eigenvalue weighted by Crippen LogP contribution is -2.30. The average molecular weight is 1080 g/mol. The summed E-state index contributed by atoms with van der Waals surface area (Å²) in [4.78, 5) is 17.9. The van der Waals surface area contributed by atoms with Crippen LogP contribution in [0.2, 0.25) is 0 Å². The van der Waals surface area contributed by atoms with Gasteiger partial charge in [-0.3, -0.25) is 9.78 Å². The van der Waals surface area contributed by atoms with E-state index >= 15 is 0 Å². The van der Waals surface area contributed by atoms with Crippen LogP contribution in [0.15, 0.2) is 65.5 Å². The van der Waals surface area contributed by atoms with Crippen molar-refractivity contribution in [3.8, 4) is 17.0 Å². The smallest absolute Gasteiger partial charge is 0.488 e. The van der Waals surface area contributed by atoms with E-state index in [0.717, 1.165) is 51.5 Å². The van der Waals surface area contributed by atoms with Crippen molar-refractivity contribution < 1.29 is 45.9 Å². The Hall–Kier alpha value is 2.70. The number of ether oxygens (including phenoxy) is 1. The number of hydrogen-bond donors (Lipinski definition) is 2. The van der Waals surface area contributed by atoms with E-state index in [4.69, 9.17) is 10.0 Å². The third-order valence-electron chi connectivity index (χ3n) is 5.53. The number of halogens is 7. The van der Waals surface area contributed by atoms with E-state index in [2.05, 4.69) is 102 Å². The molecule has 0 amide bonds. The Bertz CT molecular complexity index is 1700. The van der Waals surface area contributed by atoms with Crippen LogP contribution >= 0.6 is 137 Å². The number of carbonyl (C=O) groups is 1. The molecule has 0 radical (unpaired) electrons. The van der Waals surface area contributed by atoms with Crippen molar-refractivity contribution in [2.24, 2.45) is 0 Å². The van der Waals surface area contributed by atoms with E-state index in [9.17, 15) is 31.1 Å². The largest absolute Gasteiger partial charge is 0.491 e. The minimum Gasteiger partial charge on any atom is -0.491 e. The van der Waals surface area contributed by atoms with Crippen molar-refractivity contribution in [2.45, 2.75) is 0 Å². The Morgan fingerprint density at radius 1 is 0.755 bits per heavy atom. The number of carbonyl (C=O) groups excluding carboxylic acids is 1. The molecule has 2 heterocycles. The van der Waals surface area contributed by atoms with E-state index in [1.807, 2.05) is 0 Å². The maximum absolute atomic E-state index is 13.3. The van der Waals surface area contributed by atoms with Crippen LogP contribution in [0.4, 0.5) is 26.3 Å². The molecule has 11 unspecified atom stereocenters. The second-order valence-corrected chi connectivity index (χ2v) is 65.9. The minimum absolute atomic E-state index is 0.0742. The summed E-state index contributed by atoms with van der Waals surface area (Å²) in [5.41, 5.74) is -0.730. The predicted molar refractivity (Wildman–Crippen MR) is 257 cm³/mol. The molecule has 0 aliphatic rings. The van der Waals surface area contributed by atoms with Crippen LogP contribution < -0.4 is 10.2 Å². The summed E-state index contributed by atoms with van der Waals surface area (Å²) in [7, 11) is 24.8. The molecule has 0 saturated heterocycles. The van der Waals surface area contributed by atoms with Gasteiger partial charge in [0.1, 0.15) is 27.9 Å². The summed E-state index contributed by atoms with van der Waals surface area (Å²) in [5, 5.41) is 17.2. The van der Waals surface area contributed by atoms with Gasteiger partial charge in [-0.25, -0.2) is 31.3 Å². The Labute approximate surface area is 339 Å². The van der Waals surface area contributed by atoms with E-state index < -0.39 is 47.5 Å². The van der Waals surface area contributed by atoms with Crippen molar-refractivity contribution in [1.82, 2.24) is 9.97 Å². The first-order chi connectivity index (χ1) is 24.8. The zero-order chi connectivity index (χ0) is 40.6. The molecule has 11 atom stereocenters. The number of methoxy groups -OCH3 is 1. The lowest BCUT2D eigenvalue weighted by molar-refractivity contribution is 0.111. The highest BCUT2D eigenvalue weighted by Gasteiger charge is 2.33. The number of aldehydes is 1. The Morgan fingerprint density at radius 3 is 1.57 bits per heavy atom. The topological polar surface area (TPSA) is 92.5 Å². The lowest BCUT2D eigenvalue weighted by Gasteiger charge is -2.38. The van der Waals surface area contributed by atoms with Gasteiger partial charge in [0.25, 0.3) is 0 Å². The molecule has 0 saturated carbocycles. The molecule has 290 valence electrons. The van der Waals surface area contributed by atoms with Gasteiger partial charge in [0.05, 0.1) is 18.4 Å². The number of aromatic nitrogens is 2. The summed E-state index contributed by atoms with van der Waals surface area (Å²) < 4.78 is 82.3. The van der Waals surface area contributed by atoms with Crippen LogP contribution in [0.1, 0.15) is 10.4 Å². The first kappa shape index (κ1) is 53.7. The van der Waals surface area contributed by atoms with Gasteiger partial charge in [0.15, 0.2) is 23.7 Å². The lowest BCUT2D eigenvalue weighted by atomic mass is 9.80. The second kappa shape index (κ2) is 28.3. The monoisotopic (exact) mass is 1080 g/mol. The fourth-order valence-electron chi connectivity index (χ4n) is 3.36. The molecule has 6 nitrogen and oxygen atoms in total. The number of nitrogens with zero attached hydrogens (tertiary/aromatic N) is 2. The summed E-state index contributed by atoms with van der Waals surface area (Å²) in [6.45, 7) is 0.887. The van der Waals surface area contributed by atoms with Crippen molar-refractivity contribution in [1.29, 1.82) is 0 Å². The van der Waals surface area contributed by atoms with Crippen molar-refractivity contribution in [3.63, 3.8) is 0 Å². The Morgan fingerprint density at radius 2 is 1.23 bits per heavy atom. The third-order valence-corrected chi connectivity index (χ3v) is 94.3. The molecule has 0 spiro atoms. The summed E-state index contributed by atoms with van der Waals surface area (Å²) >= 11 is 3.01. The van der Waals surface area contributed by atoms with Gasteiger partial charge in [-0.2, -0.15) is 0 Å². The molecule has 2 N–H and O–H groups in total. The normalized spacial score (nSPS) is 12.1. The van der Waals surface area contributed by atoms with Crippen LogP contribution in [0.25, 0.3) is 11.3 Å². The summed E-state index contributed by atoms with van der Waals surface area (Å²) in [6, 6.07) is 8.25. The first-order valence-corrected chi connectivity index (χ1v) is 40.9. The Balaban J connectivity index is 0.000000363. The number of hydrogen-bond acceptors (Lipinski definition) is 6. The van der Waals surface area contributed by atoms with Crippen LogP contribution in [0.5, 0.6) is 5.75 Å². The molecule has 0 aliphatic carbocycles. The molecule has 2 aromatic carbocycles. The summed E-state index contributed by atoms with van der Waals surface area (Å²) in [5.74, 6) is -5.30. The molecular formula is C24H33BBrF6N2O4P15. The highest BCUT2D eigenvalue weighted by atomic mass is 79.9. The van der Waals surface area contributed by atoms with E-state index in [1.54, 1.807) is 0 Å². The maximum atomic E-state index is 13.3. The van der Waals surface area contributed by atoms with Gasteiger partial charge in [-0.05, 0) is 99.7 Å². The second-order valence-electron chi connectivity index (χ2n) is 9.17. The standard InChI is InChI=1S/C12H6F3NO.C7H7BF2O3.C5H3BrFN.H17P15/c13-8-1-2-16-12(5-8)7-3-10(14)9(6-17)11(15)4-7;1-13-7-5(9)2-4(8(11)12)3-6(7)10;6-5-3-4(7)1-2-8-5;1-9-13(8)15(12(6)7)14(10(2)3)11(4)5/h1-6H;2-3,11-12H,1H3;1-3H;9H,1-8H2. The van der Waals surface area contributed by atoms with Crippen molar-refractivity contribution >= 4 is 156 Å². The Kier molecular flexibility index (Phi) is 28.7. The third kappa shape index (κ3) is 19.3. The van der Waals surface area contributed by atoms with E-state index in [-0.39, 0.29) is 70.7 Å².